The van der Waals surface area contributed by atoms with Crippen molar-refractivity contribution in [3.05, 3.63) is 41.5 Å². The first-order valence-electron chi connectivity index (χ1n) is 6.35. The molecule has 1 aliphatic heterocycles. The molecule has 5 heteroatoms. The Bertz CT molecular complexity index is 435. The molecule has 2 rings (SSSR count). The minimum Gasteiger partial charge on any atom is -0.385 e. The van der Waals surface area contributed by atoms with Crippen molar-refractivity contribution in [2.75, 3.05) is 25.0 Å². The fraction of sp³-hybridized carbons (Fsp3) is 0.429. The van der Waals surface area contributed by atoms with Gasteiger partial charge in [-0.05, 0) is 43.7 Å². The van der Waals surface area contributed by atoms with Crippen LogP contribution in [0.25, 0.3) is 0 Å². The van der Waals surface area contributed by atoms with Gasteiger partial charge in [0.05, 0.1) is 5.56 Å². The second-order valence-corrected chi connectivity index (χ2v) is 4.57. The van der Waals surface area contributed by atoms with E-state index in [1.54, 1.807) is 0 Å². The fourth-order valence-electron chi connectivity index (χ4n) is 2.04. The van der Waals surface area contributed by atoms with Gasteiger partial charge in [0.25, 0.3) is 0 Å². The molecule has 0 radical (unpaired) electrons. The lowest BCUT2D eigenvalue weighted by atomic mass is 10.1. The number of anilines is 1. The third-order valence-electron chi connectivity index (χ3n) is 3.15. The van der Waals surface area contributed by atoms with Gasteiger partial charge < -0.3 is 10.6 Å². The quantitative estimate of drug-likeness (QED) is 0.819. The third kappa shape index (κ3) is 4.28. The molecule has 2 N–H and O–H groups in total. The van der Waals surface area contributed by atoms with Gasteiger partial charge in [0.15, 0.2) is 0 Å². The van der Waals surface area contributed by atoms with Crippen LogP contribution in [0.3, 0.4) is 0 Å². The van der Waals surface area contributed by atoms with E-state index < -0.39 is 11.7 Å². The van der Waals surface area contributed by atoms with E-state index in [0.717, 1.165) is 50.3 Å². The van der Waals surface area contributed by atoms with Crippen LogP contribution in [0.1, 0.15) is 18.4 Å². The van der Waals surface area contributed by atoms with Gasteiger partial charge in [-0.1, -0.05) is 11.6 Å². The Balaban J connectivity index is 1.81. The van der Waals surface area contributed by atoms with Gasteiger partial charge in [-0.3, -0.25) is 0 Å². The van der Waals surface area contributed by atoms with Crippen LogP contribution in [0.4, 0.5) is 18.9 Å². The van der Waals surface area contributed by atoms with Gasteiger partial charge in [0.1, 0.15) is 0 Å². The Labute approximate surface area is 110 Å². The molecular formula is C14H17F3N2. The summed E-state index contributed by atoms with van der Waals surface area (Å²) in [5.74, 6) is 0. The van der Waals surface area contributed by atoms with Crippen molar-refractivity contribution in [2.24, 2.45) is 0 Å². The number of benzene rings is 1. The van der Waals surface area contributed by atoms with E-state index in [1.165, 1.54) is 17.7 Å². The van der Waals surface area contributed by atoms with Gasteiger partial charge in [-0.2, -0.15) is 13.2 Å². The van der Waals surface area contributed by atoms with Gasteiger partial charge in [-0.25, -0.2) is 0 Å². The molecule has 1 aromatic rings. The molecule has 0 saturated heterocycles. The molecule has 1 heterocycles. The molecule has 0 aliphatic carbocycles. The van der Waals surface area contributed by atoms with E-state index in [-0.39, 0.29) is 0 Å². The molecule has 0 fully saturated rings. The Kier molecular flexibility index (Phi) is 4.47. The van der Waals surface area contributed by atoms with E-state index in [4.69, 9.17) is 0 Å². The Morgan fingerprint density at radius 3 is 2.47 bits per heavy atom. The van der Waals surface area contributed by atoms with Crippen LogP contribution in [0.15, 0.2) is 35.9 Å². The number of hydrogen-bond acceptors (Lipinski definition) is 2. The first-order valence-corrected chi connectivity index (χ1v) is 6.35. The highest BCUT2D eigenvalue weighted by Crippen LogP contribution is 2.29. The second-order valence-electron chi connectivity index (χ2n) is 4.57. The first kappa shape index (κ1) is 13.9. The SMILES string of the molecule is FC(F)(F)c1ccc(NCCC2=CCNCC2)cc1. The number of hydrogen-bond donors (Lipinski definition) is 2. The molecule has 0 bridgehead atoms. The monoisotopic (exact) mass is 270 g/mol. The first-order chi connectivity index (χ1) is 9.05. The Morgan fingerprint density at radius 2 is 1.89 bits per heavy atom. The summed E-state index contributed by atoms with van der Waals surface area (Å²) in [6, 6.07) is 5.15. The summed E-state index contributed by atoms with van der Waals surface area (Å²) in [5, 5.41) is 6.38. The lowest BCUT2D eigenvalue weighted by Crippen LogP contribution is -2.21. The minimum absolute atomic E-state index is 0.612. The molecular weight excluding hydrogens is 253 g/mol. The van der Waals surface area contributed by atoms with Crippen LogP contribution in [0, 0.1) is 0 Å². The van der Waals surface area contributed by atoms with Crippen LogP contribution in [-0.2, 0) is 6.18 Å². The summed E-state index contributed by atoms with van der Waals surface area (Å²) in [7, 11) is 0. The molecule has 0 spiro atoms. The van der Waals surface area contributed by atoms with Crippen LogP contribution in [-0.4, -0.2) is 19.6 Å². The predicted octanol–water partition coefficient (Wildman–Crippen LogP) is 3.43. The summed E-state index contributed by atoms with van der Waals surface area (Å²) >= 11 is 0. The molecule has 2 nitrogen and oxygen atoms in total. The molecule has 0 amide bonds. The highest BCUT2D eigenvalue weighted by atomic mass is 19.4. The van der Waals surface area contributed by atoms with Crippen molar-refractivity contribution in [3.8, 4) is 0 Å². The second kappa shape index (κ2) is 6.10. The van der Waals surface area contributed by atoms with Crippen LogP contribution >= 0.6 is 0 Å². The molecule has 0 aromatic heterocycles. The third-order valence-corrected chi connectivity index (χ3v) is 3.15. The molecule has 1 aromatic carbocycles. The zero-order valence-electron chi connectivity index (χ0n) is 10.6. The summed E-state index contributed by atoms with van der Waals surface area (Å²) in [5.41, 5.74) is 1.51. The normalized spacial score (nSPS) is 16.1. The Morgan fingerprint density at radius 1 is 1.16 bits per heavy atom. The van der Waals surface area contributed by atoms with E-state index in [1.807, 2.05) is 0 Å². The van der Waals surface area contributed by atoms with E-state index in [2.05, 4.69) is 16.7 Å². The van der Waals surface area contributed by atoms with Gasteiger partial charge in [-0.15, -0.1) is 0 Å². The summed E-state index contributed by atoms with van der Waals surface area (Å²) < 4.78 is 37.1. The van der Waals surface area contributed by atoms with Crippen LogP contribution in [0.2, 0.25) is 0 Å². The molecule has 0 unspecified atom stereocenters. The van der Waals surface area contributed by atoms with E-state index in [0.29, 0.717) is 0 Å². The molecule has 1 aliphatic rings. The average Bonchev–Trinajstić information content (AvgIpc) is 2.39. The van der Waals surface area contributed by atoms with Crippen molar-refractivity contribution in [1.82, 2.24) is 5.32 Å². The minimum atomic E-state index is -4.27. The number of rotatable bonds is 4. The predicted molar refractivity (Wildman–Crippen MR) is 70.1 cm³/mol. The lowest BCUT2D eigenvalue weighted by Gasteiger charge is -2.15. The van der Waals surface area contributed by atoms with Gasteiger partial charge in [0.2, 0.25) is 0 Å². The maximum Gasteiger partial charge on any atom is 0.416 e. The topological polar surface area (TPSA) is 24.1 Å². The number of halogens is 3. The maximum atomic E-state index is 12.4. The lowest BCUT2D eigenvalue weighted by molar-refractivity contribution is -0.137. The van der Waals surface area contributed by atoms with Crippen LogP contribution < -0.4 is 10.6 Å². The summed E-state index contributed by atoms with van der Waals surface area (Å²) in [6.07, 6.45) is -0.103. The van der Waals surface area contributed by atoms with Crippen molar-refractivity contribution >= 4 is 5.69 Å². The van der Waals surface area contributed by atoms with Gasteiger partial charge >= 0.3 is 6.18 Å². The fourth-order valence-corrected chi connectivity index (χ4v) is 2.04. The van der Waals surface area contributed by atoms with Crippen molar-refractivity contribution in [2.45, 2.75) is 19.0 Å². The summed E-state index contributed by atoms with van der Waals surface area (Å²) in [4.78, 5) is 0. The molecule has 104 valence electrons. The number of alkyl halides is 3. The van der Waals surface area contributed by atoms with Crippen molar-refractivity contribution in [3.63, 3.8) is 0 Å². The van der Waals surface area contributed by atoms with Gasteiger partial charge in [0, 0.05) is 18.8 Å². The molecule has 0 atom stereocenters. The Hall–Kier alpha value is -1.49. The average molecular weight is 270 g/mol. The molecule has 19 heavy (non-hydrogen) atoms. The van der Waals surface area contributed by atoms with Crippen molar-refractivity contribution < 1.29 is 13.2 Å². The van der Waals surface area contributed by atoms with Crippen molar-refractivity contribution in [1.29, 1.82) is 0 Å². The van der Waals surface area contributed by atoms with E-state index >= 15 is 0 Å². The smallest absolute Gasteiger partial charge is 0.385 e. The highest BCUT2D eigenvalue weighted by Gasteiger charge is 2.29. The zero-order valence-corrected chi connectivity index (χ0v) is 10.6. The van der Waals surface area contributed by atoms with E-state index in [9.17, 15) is 13.2 Å². The summed E-state index contributed by atoms with van der Waals surface area (Å²) in [6.45, 7) is 2.67. The highest BCUT2D eigenvalue weighted by molar-refractivity contribution is 5.45. The zero-order chi connectivity index (χ0) is 13.7. The van der Waals surface area contributed by atoms with Crippen LogP contribution in [0.5, 0.6) is 0 Å². The molecule has 0 saturated carbocycles. The largest absolute Gasteiger partial charge is 0.416 e. The standard InChI is InChI=1S/C14H17F3N2/c15-14(16,17)12-1-3-13(4-2-12)19-10-7-11-5-8-18-9-6-11/h1-5,18-19H,6-10H2. The number of nitrogens with one attached hydrogen (secondary N) is 2. The maximum absolute atomic E-state index is 12.4.